The highest BCUT2D eigenvalue weighted by atomic mass is 16.6. The van der Waals surface area contributed by atoms with Crippen molar-refractivity contribution in [3.05, 3.63) is 72.4 Å². The van der Waals surface area contributed by atoms with Crippen molar-refractivity contribution in [3.63, 3.8) is 0 Å². The van der Waals surface area contributed by atoms with Crippen LogP contribution in [0.25, 0.3) is 11.0 Å². The van der Waals surface area contributed by atoms with Gasteiger partial charge in [-0.1, -0.05) is 12.1 Å². The van der Waals surface area contributed by atoms with Crippen molar-refractivity contribution in [2.75, 3.05) is 26.2 Å². The van der Waals surface area contributed by atoms with Gasteiger partial charge in [0.15, 0.2) is 17.5 Å². The molecule has 2 N–H and O–H groups in total. The number of pyridine rings is 1. The van der Waals surface area contributed by atoms with Crippen molar-refractivity contribution < 1.29 is 13.9 Å². The lowest BCUT2D eigenvalue weighted by Gasteiger charge is -2.34. The largest absolute Gasteiger partial charge is 0.464 e. The lowest BCUT2D eigenvalue weighted by molar-refractivity contribution is -0.130. The van der Waals surface area contributed by atoms with Crippen LogP contribution in [0.4, 0.5) is 5.82 Å². The summed E-state index contributed by atoms with van der Waals surface area (Å²) in [6, 6.07) is 12.9. The third-order valence-corrected chi connectivity index (χ3v) is 5.17. The Hall–Kier alpha value is -4.14. The van der Waals surface area contributed by atoms with Crippen molar-refractivity contribution in [2.24, 2.45) is 15.7 Å². The van der Waals surface area contributed by atoms with Crippen LogP contribution in [0.2, 0.25) is 0 Å². The van der Waals surface area contributed by atoms with Crippen LogP contribution in [0.1, 0.15) is 5.56 Å². The summed E-state index contributed by atoms with van der Waals surface area (Å²) in [4.78, 5) is 29.3. The van der Waals surface area contributed by atoms with Crippen LogP contribution in [0.15, 0.2) is 81.2 Å². The number of piperazine rings is 1. The minimum absolute atomic E-state index is 0.277. The fraction of sp³-hybridized carbons (Fsp3) is 0.182. The summed E-state index contributed by atoms with van der Waals surface area (Å²) in [5, 5.41) is 0.853. The van der Waals surface area contributed by atoms with Gasteiger partial charge in [-0.05, 0) is 30.3 Å². The van der Waals surface area contributed by atoms with E-state index in [0.717, 1.165) is 16.5 Å². The number of nitrogens with two attached hydrogens (primary N) is 1. The average molecular weight is 416 g/mol. The summed E-state index contributed by atoms with van der Waals surface area (Å²) < 4.78 is 10.8. The van der Waals surface area contributed by atoms with Gasteiger partial charge in [-0.25, -0.2) is 14.8 Å². The summed E-state index contributed by atoms with van der Waals surface area (Å²) in [5.74, 6) is 0.829. The Labute approximate surface area is 178 Å². The molecule has 0 bridgehead atoms. The van der Waals surface area contributed by atoms with Gasteiger partial charge in [-0.3, -0.25) is 0 Å². The average Bonchev–Trinajstić information content (AvgIpc) is 3.41. The molecule has 0 saturated carbocycles. The highest BCUT2D eigenvalue weighted by Crippen LogP contribution is 2.25. The molecule has 1 saturated heterocycles. The molecule has 1 aromatic carbocycles. The lowest BCUT2D eigenvalue weighted by atomic mass is 10.1. The van der Waals surface area contributed by atoms with Gasteiger partial charge in [0, 0.05) is 49.5 Å². The number of rotatable bonds is 3. The number of fused-ring (bicyclic) bond motifs is 1. The van der Waals surface area contributed by atoms with Crippen LogP contribution in [0, 0.1) is 0 Å². The molecular formula is C22H20N6O3. The van der Waals surface area contributed by atoms with E-state index < -0.39 is 5.97 Å². The first-order chi connectivity index (χ1) is 15.2. The highest BCUT2D eigenvalue weighted by Gasteiger charge is 2.27. The maximum Gasteiger partial charge on any atom is 0.365 e. The minimum atomic E-state index is -0.464. The number of esters is 1. The number of carbonyl (C=O) groups excluding carboxylic acids is 1. The Kier molecular flexibility index (Phi) is 4.83. The summed E-state index contributed by atoms with van der Waals surface area (Å²) in [6.07, 6.45) is 5.03. The van der Waals surface area contributed by atoms with Crippen LogP contribution in [-0.4, -0.2) is 58.8 Å². The number of hydrogen-bond acceptors (Lipinski definition) is 7. The molecule has 0 amide bonds. The molecule has 2 aliphatic rings. The Morgan fingerprint density at radius 3 is 2.77 bits per heavy atom. The number of cyclic esters (lactones) is 1. The second-order valence-electron chi connectivity index (χ2n) is 7.14. The second kappa shape index (κ2) is 7.94. The Balaban J connectivity index is 1.28. The first-order valence-electron chi connectivity index (χ1n) is 9.91. The fourth-order valence-corrected chi connectivity index (χ4v) is 3.56. The van der Waals surface area contributed by atoms with E-state index in [1.165, 1.54) is 0 Å². The highest BCUT2D eigenvalue weighted by molar-refractivity contribution is 6.15. The van der Waals surface area contributed by atoms with Crippen molar-refractivity contribution in [2.45, 2.75) is 0 Å². The minimum Gasteiger partial charge on any atom is -0.464 e. The molecule has 2 aliphatic heterocycles. The number of nitrogens with zero attached hydrogens (tertiary/aromatic N) is 5. The maximum atomic E-state index is 12.4. The van der Waals surface area contributed by atoms with E-state index in [-0.39, 0.29) is 11.6 Å². The molecule has 0 spiro atoms. The topological polar surface area (TPSA) is 110 Å². The molecule has 5 rings (SSSR count). The molecule has 4 heterocycles. The van der Waals surface area contributed by atoms with Gasteiger partial charge in [0.25, 0.3) is 0 Å². The predicted molar refractivity (Wildman–Crippen MR) is 116 cm³/mol. The Morgan fingerprint density at radius 1 is 1.10 bits per heavy atom. The van der Waals surface area contributed by atoms with Crippen molar-refractivity contribution in [3.8, 4) is 0 Å². The molecule has 0 aliphatic carbocycles. The Morgan fingerprint density at radius 2 is 1.97 bits per heavy atom. The molecule has 31 heavy (non-hydrogen) atoms. The van der Waals surface area contributed by atoms with Gasteiger partial charge >= 0.3 is 5.97 Å². The first-order valence-corrected chi connectivity index (χ1v) is 9.91. The SMILES string of the molecule is NC(=Nc1ccccn1)N1CCN(C=C2N=C(c3cccc4occc34)OC2=O)CC1. The van der Waals surface area contributed by atoms with E-state index in [0.29, 0.717) is 38.0 Å². The summed E-state index contributed by atoms with van der Waals surface area (Å²) >= 11 is 0. The molecule has 0 radical (unpaired) electrons. The summed E-state index contributed by atoms with van der Waals surface area (Å²) in [7, 11) is 0. The van der Waals surface area contributed by atoms with Gasteiger partial charge < -0.3 is 24.7 Å². The molecule has 0 unspecified atom stereocenters. The zero-order valence-electron chi connectivity index (χ0n) is 16.6. The van der Waals surface area contributed by atoms with E-state index in [1.54, 1.807) is 24.7 Å². The second-order valence-corrected chi connectivity index (χ2v) is 7.14. The van der Waals surface area contributed by atoms with Crippen molar-refractivity contribution in [1.82, 2.24) is 14.8 Å². The number of hydrogen-bond donors (Lipinski definition) is 1. The number of benzene rings is 1. The van der Waals surface area contributed by atoms with Crippen LogP contribution >= 0.6 is 0 Å². The number of ether oxygens (including phenoxy) is 1. The lowest BCUT2D eigenvalue weighted by Crippen LogP contribution is -2.49. The first kappa shape index (κ1) is 18.9. The normalized spacial score (nSPS) is 18.6. The van der Waals surface area contributed by atoms with Crippen LogP contribution in [0.3, 0.4) is 0 Å². The van der Waals surface area contributed by atoms with Crippen LogP contribution in [0.5, 0.6) is 0 Å². The van der Waals surface area contributed by atoms with E-state index >= 15 is 0 Å². The van der Waals surface area contributed by atoms with E-state index in [9.17, 15) is 4.79 Å². The Bertz CT molecular complexity index is 1210. The van der Waals surface area contributed by atoms with Gasteiger partial charge in [0.05, 0.1) is 6.26 Å². The number of guanidine groups is 1. The molecule has 3 aromatic rings. The molecule has 9 nitrogen and oxygen atoms in total. The maximum absolute atomic E-state index is 12.4. The van der Waals surface area contributed by atoms with Gasteiger partial charge in [0.2, 0.25) is 5.90 Å². The summed E-state index contributed by atoms with van der Waals surface area (Å²) in [5.41, 5.74) is 7.85. The third kappa shape index (κ3) is 3.85. The number of carbonyl (C=O) groups is 1. The molecule has 0 atom stereocenters. The smallest absolute Gasteiger partial charge is 0.365 e. The quantitative estimate of drug-likeness (QED) is 0.302. The molecular weight excluding hydrogens is 396 g/mol. The van der Waals surface area contributed by atoms with E-state index in [4.69, 9.17) is 14.9 Å². The molecule has 2 aromatic heterocycles. The number of aromatic nitrogens is 1. The van der Waals surface area contributed by atoms with Gasteiger partial charge in [-0.15, -0.1) is 0 Å². The standard InChI is InChI=1S/C22H20N6O3/c23-22(26-19-6-1-2-8-24-19)28-11-9-27(10-12-28)14-17-21(29)31-20(25-17)16-4-3-5-18-15(16)7-13-30-18/h1-8,13-14H,9-12H2,(H2,23,24,26). The van der Waals surface area contributed by atoms with Gasteiger partial charge in [-0.2, -0.15) is 4.99 Å². The zero-order chi connectivity index (χ0) is 21.2. The summed E-state index contributed by atoms with van der Waals surface area (Å²) in [6.45, 7) is 2.70. The van der Waals surface area contributed by atoms with Crippen LogP contribution in [-0.2, 0) is 9.53 Å². The van der Waals surface area contributed by atoms with E-state index in [1.807, 2.05) is 46.2 Å². The van der Waals surface area contributed by atoms with Gasteiger partial charge in [0.1, 0.15) is 5.58 Å². The fourth-order valence-electron chi connectivity index (χ4n) is 3.56. The zero-order valence-corrected chi connectivity index (χ0v) is 16.6. The number of aliphatic imine (C=N–C) groups is 2. The van der Waals surface area contributed by atoms with Crippen LogP contribution < -0.4 is 5.73 Å². The van der Waals surface area contributed by atoms with Crippen molar-refractivity contribution >= 4 is 34.6 Å². The number of furan rings is 1. The molecule has 156 valence electrons. The monoisotopic (exact) mass is 416 g/mol. The molecule has 1 fully saturated rings. The third-order valence-electron chi connectivity index (χ3n) is 5.17. The van der Waals surface area contributed by atoms with E-state index in [2.05, 4.69) is 15.0 Å². The van der Waals surface area contributed by atoms with Crippen molar-refractivity contribution in [1.29, 1.82) is 0 Å². The molecule has 9 heteroatoms. The predicted octanol–water partition coefficient (Wildman–Crippen LogP) is 2.24.